The fraction of sp³-hybridized carbons (Fsp3) is 0.318. The second-order valence-electron chi connectivity index (χ2n) is 7.62. The zero-order chi connectivity index (χ0) is 21.3. The molecule has 1 aromatic heterocycles. The first-order valence-electron chi connectivity index (χ1n) is 9.81. The van der Waals surface area contributed by atoms with Crippen molar-refractivity contribution in [3.8, 4) is 6.07 Å². The normalized spacial score (nSPS) is 18.2. The number of halogens is 1. The van der Waals surface area contributed by atoms with E-state index in [4.69, 9.17) is 16.6 Å². The fourth-order valence-electron chi connectivity index (χ4n) is 3.83. The summed E-state index contributed by atoms with van der Waals surface area (Å²) in [4.78, 5) is 11.5. The van der Waals surface area contributed by atoms with Crippen LogP contribution in [0.3, 0.4) is 0 Å². The molecule has 0 radical (unpaired) electrons. The Balaban J connectivity index is 1.89. The number of aromatic nitrogens is 2. The number of sulfone groups is 1. The lowest BCUT2D eigenvalue weighted by Gasteiger charge is -2.33. The maximum atomic E-state index is 13.4. The van der Waals surface area contributed by atoms with Gasteiger partial charge in [0.2, 0.25) is 9.84 Å². The van der Waals surface area contributed by atoms with E-state index in [1.54, 1.807) is 6.07 Å². The molecule has 1 aliphatic rings. The average Bonchev–Trinajstić information content (AvgIpc) is 2.74. The second-order valence-corrected chi connectivity index (χ2v) is 10.1. The molecule has 2 heterocycles. The van der Waals surface area contributed by atoms with Crippen molar-refractivity contribution >= 4 is 38.3 Å². The van der Waals surface area contributed by atoms with Gasteiger partial charge in [-0.1, -0.05) is 30.7 Å². The molecule has 0 N–H and O–H groups in total. The molecular formula is C22H21ClN4O2S. The van der Waals surface area contributed by atoms with Crippen LogP contribution in [-0.4, -0.2) is 31.5 Å². The molecule has 2 aromatic carbocycles. The Bertz CT molecular complexity index is 1220. The zero-order valence-electron chi connectivity index (χ0n) is 16.5. The van der Waals surface area contributed by atoms with Crippen molar-refractivity contribution in [3.63, 3.8) is 0 Å². The van der Waals surface area contributed by atoms with Gasteiger partial charge >= 0.3 is 0 Å². The molecule has 6 nitrogen and oxygen atoms in total. The van der Waals surface area contributed by atoms with Gasteiger partial charge in [0.05, 0.1) is 22.0 Å². The van der Waals surface area contributed by atoms with E-state index in [9.17, 15) is 13.7 Å². The van der Waals surface area contributed by atoms with Crippen LogP contribution in [0, 0.1) is 17.2 Å². The molecule has 154 valence electrons. The Kier molecular flexibility index (Phi) is 5.63. The lowest BCUT2D eigenvalue weighted by molar-refractivity contribution is 0.443. The van der Waals surface area contributed by atoms with Crippen molar-refractivity contribution in [1.82, 2.24) is 9.97 Å². The third-order valence-electron chi connectivity index (χ3n) is 5.35. The Hall–Kier alpha value is -2.69. The molecule has 0 unspecified atom stereocenters. The summed E-state index contributed by atoms with van der Waals surface area (Å²) in [5.74, 6) is 0.928. The Morgan fingerprint density at radius 2 is 1.80 bits per heavy atom. The quantitative estimate of drug-likeness (QED) is 0.591. The van der Waals surface area contributed by atoms with Gasteiger partial charge in [0, 0.05) is 18.1 Å². The molecule has 0 saturated carbocycles. The molecular weight excluding hydrogens is 420 g/mol. The number of para-hydroxylation sites is 2. The molecule has 0 amide bonds. The van der Waals surface area contributed by atoms with Crippen molar-refractivity contribution in [2.75, 3.05) is 18.0 Å². The van der Waals surface area contributed by atoms with Crippen LogP contribution < -0.4 is 4.90 Å². The minimum Gasteiger partial charge on any atom is -0.355 e. The van der Waals surface area contributed by atoms with Crippen LogP contribution in [0.1, 0.15) is 30.7 Å². The van der Waals surface area contributed by atoms with Crippen molar-refractivity contribution in [2.24, 2.45) is 5.92 Å². The molecule has 3 aromatic rings. The lowest BCUT2D eigenvalue weighted by atomic mass is 10.00. The summed E-state index contributed by atoms with van der Waals surface area (Å²) in [6.45, 7) is 3.66. The standard InChI is InChI=1S/C22H21ClN4O2S/c1-15-5-4-12-27(14-15)22-21(25-18-6-2-3-7-19(18)26-22)20(13-24)30(28,29)17-10-8-16(23)9-11-17/h2-3,6-11,15,20H,4-5,12,14H2,1H3/t15-,20+/m1/s1. The van der Waals surface area contributed by atoms with Crippen LogP contribution in [-0.2, 0) is 9.84 Å². The van der Waals surface area contributed by atoms with E-state index in [1.165, 1.54) is 24.3 Å². The van der Waals surface area contributed by atoms with Crippen LogP contribution in [0.5, 0.6) is 0 Å². The molecule has 2 atom stereocenters. The van der Waals surface area contributed by atoms with E-state index in [0.29, 0.717) is 27.8 Å². The van der Waals surface area contributed by atoms with Crippen molar-refractivity contribution in [3.05, 3.63) is 59.2 Å². The molecule has 1 saturated heterocycles. The van der Waals surface area contributed by atoms with Gasteiger partial charge in [0.25, 0.3) is 0 Å². The third-order valence-corrected chi connectivity index (χ3v) is 7.48. The van der Waals surface area contributed by atoms with Gasteiger partial charge in [-0.05, 0) is 55.2 Å². The average molecular weight is 441 g/mol. The molecule has 0 aliphatic carbocycles. The van der Waals surface area contributed by atoms with Gasteiger partial charge in [0.15, 0.2) is 11.1 Å². The number of anilines is 1. The largest absolute Gasteiger partial charge is 0.355 e. The number of nitriles is 1. The number of nitrogens with zero attached hydrogens (tertiary/aromatic N) is 4. The lowest BCUT2D eigenvalue weighted by Crippen LogP contribution is -2.36. The second kappa shape index (κ2) is 8.21. The first kappa shape index (κ1) is 20.6. The first-order chi connectivity index (χ1) is 14.4. The van der Waals surface area contributed by atoms with Crippen molar-refractivity contribution < 1.29 is 8.42 Å². The van der Waals surface area contributed by atoms with E-state index in [-0.39, 0.29) is 10.6 Å². The molecule has 8 heteroatoms. The molecule has 1 fully saturated rings. The minimum atomic E-state index is -4.01. The summed E-state index contributed by atoms with van der Waals surface area (Å²) in [5.41, 5.74) is 1.42. The highest BCUT2D eigenvalue weighted by atomic mass is 35.5. The number of piperidine rings is 1. The van der Waals surface area contributed by atoms with Gasteiger partial charge in [-0.15, -0.1) is 0 Å². The summed E-state index contributed by atoms with van der Waals surface area (Å²) < 4.78 is 26.7. The summed E-state index contributed by atoms with van der Waals surface area (Å²) >= 11 is 5.91. The molecule has 0 bridgehead atoms. The van der Waals surface area contributed by atoms with Gasteiger partial charge in [-0.25, -0.2) is 18.4 Å². The maximum absolute atomic E-state index is 13.4. The van der Waals surface area contributed by atoms with E-state index in [2.05, 4.69) is 16.8 Å². The third kappa shape index (κ3) is 3.85. The van der Waals surface area contributed by atoms with Crippen molar-refractivity contribution in [2.45, 2.75) is 29.9 Å². The van der Waals surface area contributed by atoms with Crippen LogP contribution in [0.15, 0.2) is 53.4 Å². The van der Waals surface area contributed by atoms with Crippen LogP contribution >= 0.6 is 11.6 Å². The Labute approximate surface area is 181 Å². The topological polar surface area (TPSA) is 86.9 Å². The van der Waals surface area contributed by atoms with Crippen LogP contribution in [0.25, 0.3) is 11.0 Å². The van der Waals surface area contributed by atoms with E-state index >= 15 is 0 Å². The fourth-order valence-corrected chi connectivity index (χ4v) is 5.34. The minimum absolute atomic E-state index is 0.0337. The highest BCUT2D eigenvalue weighted by Crippen LogP contribution is 2.35. The predicted octanol–water partition coefficient (Wildman–Crippen LogP) is 4.56. The molecule has 0 spiro atoms. The number of hydrogen-bond acceptors (Lipinski definition) is 6. The number of benzene rings is 2. The summed E-state index contributed by atoms with van der Waals surface area (Å²) in [6.07, 6.45) is 2.09. The van der Waals surface area contributed by atoms with Gasteiger partial charge in [-0.3, -0.25) is 0 Å². The SMILES string of the molecule is C[C@@H]1CCCN(c2nc3ccccc3nc2[C@H](C#N)S(=O)(=O)c2ccc(Cl)cc2)C1. The zero-order valence-corrected chi connectivity index (χ0v) is 18.1. The Morgan fingerprint density at radius 1 is 1.13 bits per heavy atom. The van der Waals surface area contributed by atoms with Gasteiger partial charge in [-0.2, -0.15) is 5.26 Å². The number of hydrogen-bond donors (Lipinski definition) is 0. The van der Waals surface area contributed by atoms with Crippen LogP contribution in [0.4, 0.5) is 5.82 Å². The predicted molar refractivity (Wildman–Crippen MR) is 117 cm³/mol. The van der Waals surface area contributed by atoms with E-state index < -0.39 is 15.1 Å². The number of fused-ring (bicyclic) bond motifs is 1. The maximum Gasteiger partial charge on any atom is 0.200 e. The molecule has 30 heavy (non-hydrogen) atoms. The van der Waals surface area contributed by atoms with Crippen molar-refractivity contribution in [1.29, 1.82) is 5.26 Å². The van der Waals surface area contributed by atoms with Gasteiger partial charge in [0.1, 0.15) is 5.69 Å². The monoisotopic (exact) mass is 440 g/mol. The highest BCUT2D eigenvalue weighted by molar-refractivity contribution is 7.92. The number of rotatable bonds is 4. The van der Waals surface area contributed by atoms with E-state index in [0.717, 1.165) is 25.9 Å². The summed E-state index contributed by atoms with van der Waals surface area (Å²) in [6, 6.07) is 15.1. The summed E-state index contributed by atoms with van der Waals surface area (Å²) in [7, 11) is -4.01. The van der Waals surface area contributed by atoms with Gasteiger partial charge < -0.3 is 4.90 Å². The Morgan fingerprint density at radius 3 is 2.43 bits per heavy atom. The first-order valence-corrected chi connectivity index (χ1v) is 11.7. The highest BCUT2D eigenvalue weighted by Gasteiger charge is 2.35. The van der Waals surface area contributed by atoms with Crippen LogP contribution in [0.2, 0.25) is 5.02 Å². The molecule has 1 aliphatic heterocycles. The smallest absolute Gasteiger partial charge is 0.200 e. The molecule has 4 rings (SSSR count). The summed E-state index contributed by atoms with van der Waals surface area (Å²) in [5, 5.41) is 8.89. The van der Waals surface area contributed by atoms with E-state index in [1.807, 2.05) is 24.3 Å².